The van der Waals surface area contributed by atoms with Crippen molar-refractivity contribution in [2.24, 2.45) is 0 Å². The van der Waals surface area contributed by atoms with Crippen molar-refractivity contribution in [2.75, 3.05) is 5.32 Å². The fourth-order valence-corrected chi connectivity index (χ4v) is 2.64. The van der Waals surface area contributed by atoms with Gasteiger partial charge in [-0.1, -0.05) is 18.2 Å². The Labute approximate surface area is 144 Å². The number of carbonyl (C=O) groups is 1. The van der Waals surface area contributed by atoms with Gasteiger partial charge in [0, 0.05) is 18.7 Å². The van der Waals surface area contributed by atoms with Crippen molar-refractivity contribution in [3.05, 3.63) is 66.0 Å². The van der Waals surface area contributed by atoms with Gasteiger partial charge in [0.25, 0.3) is 0 Å². The molecule has 0 spiro atoms. The van der Waals surface area contributed by atoms with Gasteiger partial charge >= 0.3 is 0 Å². The number of allylic oxidation sites excluding steroid dienone is 4. The second kappa shape index (κ2) is 6.27. The van der Waals surface area contributed by atoms with Gasteiger partial charge in [0.1, 0.15) is 12.5 Å². The summed E-state index contributed by atoms with van der Waals surface area (Å²) in [6, 6.07) is 3.67. The molecule has 0 atom stereocenters. The lowest BCUT2D eigenvalue weighted by Crippen LogP contribution is -2.07. The molecule has 3 heterocycles. The zero-order valence-corrected chi connectivity index (χ0v) is 13.6. The highest BCUT2D eigenvalue weighted by Crippen LogP contribution is 2.30. The quantitative estimate of drug-likeness (QED) is 0.931. The Morgan fingerprint density at radius 3 is 2.96 bits per heavy atom. The Bertz CT molecular complexity index is 966. The van der Waals surface area contributed by atoms with E-state index in [1.165, 1.54) is 6.92 Å². The average molecular weight is 336 g/mol. The number of nitrogens with zero attached hydrogens (tertiary/aromatic N) is 3. The van der Waals surface area contributed by atoms with Crippen LogP contribution in [0.3, 0.4) is 0 Å². The van der Waals surface area contributed by atoms with E-state index >= 15 is 0 Å². The standard InChI is InChI=1S/C18H16N4O3/c1-12(23)19-18-20-17-8-7-14(9-22(17)21-18)16-11-24-10-15(25-16)13-5-3-2-4-6-13/h2-3,5,7-11H,4,6H2,1H3,(H,19,21,23). The first-order valence-electron chi connectivity index (χ1n) is 7.93. The van der Waals surface area contributed by atoms with Gasteiger partial charge in [-0.2, -0.15) is 4.98 Å². The molecule has 25 heavy (non-hydrogen) atoms. The van der Waals surface area contributed by atoms with Crippen molar-refractivity contribution < 1.29 is 14.3 Å². The van der Waals surface area contributed by atoms with E-state index in [0.29, 0.717) is 17.2 Å². The van der Waals surface area contributed by atoms with E-state index in [1.807, 2.05) is 18.2 Å². The monoisotopic (exact) mass is 336 g/mol. The van der Waals surface area contributed by atoms with Crippen LogP contribution in [-0.4, -0.2) is 20.5 Å². The minimum Gasteiger partial charge on any atom is -0.465 e. The highest BCUT2D eigenvalue weighted by Gasteiger charge is 2.17. The van der Waals surface area contributed by atoms with Gasteiger partial charge in [-0.25, -0.2) is 4.52 Å². The summed E-state index contributed by atoms with van der Waals surface area (Å²) in [4.78, 5) is 15.4. The highest BCUT2D eigenvalue weighted by molar-refractivity contribution is 5.86. The lowest BCUT2D eigenvalue weighted by molar-refractivity contribution is -0.114. The minimum absolute atomic E-state index is 0.215. The maximum atomic E-state index is 11.1. The average Bonchev–Trinajstić information content (AvgIpc) is 3.03. The predicted octanol–water partition coefficient (Wildman–Crippen LogP) is 3.15. The van der Waals surface area contributed by atoms with Crippen LogP contribution in [0.1, 0.15) is 25.3 Å². The number of aromatic nitrogens is 3. The van der Waals surface area contributed by atoms with Crippen molar-refractivity contribution >= 4 is 23.3 Å². The van der Waals surface area contributed by atoms with E-state index < -0.39 is 0 Å². The number of rotatable bonds is 3. The van der Waals surface area contributed by atoms with Crippen LogP contribution in [0.15, 0.2) is 60.4 Å². The fraction of sp³-hybridized carbons (Fsp3) is 0.167. The van der Waals surface area contributed by atoms with Crippen molar-refractivity contribution in [1.29, 1.82) is 0 Å². The number of pyridine rings is 1. The lowest BCUT2D eigenvalue weighted by Gasteiger charge is -2.19. The summed E-state index contributed by atoms with van der Waals surface area (Å²) in [5.41, 5.74) is 2.52. The first-order valence-corrected chi connectivity index (χ1v) is 7.93. The number of hydrogen-bond acceptors (Lipinski definition) is 5. The zero-order valence-electron chi connectivity index (χ0n) is 13.6. The normalized spacial score (nSPS) is 16.4. The summed E-state index contributed by atoms with van der Waals surface area (Å²) in [7, 11) is 0. The summed E-state index contributed by atoms with van der Waals surface area (Å²) in [5.74, 6) is 1.34. The Hall–Kier alpha value is -3.35. The Morgan fingerprint density at radius 1 is 1.28 bits per heavy atom. The summed E-state index contributed by atoms with van der Waals surface area (Å²) < 4.78 is 13.0. The molecule has 7 heteroatoms. The van der Waals surface area contributed by atoms with E-state index in [9.17, 15) is 4.79 Å². The lowest BCUT2D eigenvalue weighted by atomic mass is 10.0. The molecule has 1 aliphatic carbocycles. The Morgan fingerprint density at radius 2 is 2.16 bits per heavy atom. The maximum Gasteiger partial charge on any atom is 0.249 e. The molecule has 2 aromatic rings. The van der Waals surface area contributed by atoms with Crippen LogP contribution >= 0.6 is 0 Å². The number of hydrogen-bond donors (Lipinski definition) is 1. The maximum absolute atomic E-state index is 11.1. The first kappa shape index (κ1) is 15.2. The minimum atomic E-state index is -0.215. The number of anilines is 1. The molecule has 0 bridgehead atoms. The van der Waals surface area contributed by atoms with Crippen LogP contribution in [0.2, 0.25) is 0 Å². The van der Waals surface area contributed by atoms with Gasteiger partial charge in [0.05, 0.1) is 0 Å². The molecule has 0 saturated heterocycles. The van der Waals surface area contributed by atoms with Crippen LogP contribution in [0.4, 0.5) is 5.95 Å². The molecule has 0 aromatic carbocycles. The van der Waals surface area contributed by atoms with E-state index in [-0.39, 0.29) is 11.9 Å². The SMILES string of the molecule is CC(=O)Nc1nc2ccc(C3=COC=C(C4=CC=CCC4)O3)cn2n1. The third-order valence-corrected chi connectivity index (χ3v) is 3.80. The summed E-state index contributed by atoms with van der Waals surface area (Å²) in [5, 5.41) is 6.80. The molecule has 1 aliphatic heterocycles. The molecule has 1 amide bonds. The van der Waals surface area contributed by atoms with Gasteiger partial charge in [0.2, 0.25) is 11.9 Å². The molecular weight excluding hydrogens is 320 g/mol. The molecule has 0 unspecified atom stereocenters. The summed E-state index contributed by atoms with van der Waals surface area (Å²) in [6.45, 7) is 1.41. The molecule has 126 valence electrons. The first-order chi connectivity index (χ1) is 12.2. The predicted molar refractivity (Wildman–Crippen MR) is 92.0 cm³/mol. The number of ether oxygens (including phenoxy) is 2. The largest absolute Gasteiger partial charge is 0.465 e. The smallest absolute Gasteiger partial charge is 0.249 e. The second-order valence-corrected chi connectivity index (χ2v) is 5.70. The van der Waals surface area contributed by atoms with Gasteiger partial charge in [0.15, 0.2) is 17.2 Å². The Balaban J connectivity index is 1.59. The van der Waals surface area contributed by atoms with Crippen LogP contribution in [0.5, 0.6) is 0 Å². The molecule has 2 aliphatic rings. The number of amides is 1. The molecule has 0 saturated carbocycles. The molecular formula is C18H16N4O3. The molecule has 4 rings (SSSR count). The van der Waals surface area contributed by atoms with E-state index in [2.05, 4.69) is 21.5 Å². The van der Waals surface area contributed by atoms with Crippen LogP contribution in [0, 0.1) is 0 Å². The Kier molecular flexibility index (Phi) is 3.81. The van der Waals surface area contributed by atoms with E-state index in [4.69, 9.17) is 9.47 Å². The van der Waals surface area contributed by atoms with Gasteiger partial charge in [-0.15, -0.1) is 5.10 Å². The van der Waals surface area contributed by atoms with Crippen molar-refractivity contribution in [3.8, 4) is 0 Å². The second-order valence-electron chi connectivity index (χ2n) is 5.70. The third-order valence-electron chi connectivity index (χ3n) is 3.80. The van der Waals surface area contributed by atoms with Crippen LogP contribution < -0.4 is 5.32 Å². The van der Waals surface area contributed by atoms with Gasteiger partial charge < -0.3 is 9.47 Å². The summed E-state index contributed by atoms with van der Waals surface area (Å²) >= 11 is 0. The van der Waals surface area contributed by atoms with Gasteiger partial charge in [-0.05, 0) is 30.5 Å². The molecule has 0 fully saturated rings. The number of fused-ring (bicyclic) bond motifs is 1. The number of nitrogens with one attached hydrogen (secondary N) is 1. The van der Waals surface area contributed by atoms with E-state index in [0.717, 1.165) is 24.0 Å². The van der Waals surface area contributed by atoms with Crippen molar-refractivity contribution in [3.63, 3.8) is 0 Å². The molecule has 2 aromatic heterocycles. The van der Waals surface area contributed by atoms with Crippen molar-refractivity contribution in [2.45, 2.75) is 19.8 Å². The third kappa shape index (κ3) is 3.16. The van der Waals surface area contributed by atoms with Crippen molar-refractivity contribution in [1.82, 2.24) is 14.6 Å². The van der Waals surface area contributed by atoms with Gasteiger partial charge in [-0.3, -0.25) is 10.1 Å². The number of carbonyl (C=O) groups excluding carboxylic acids is 1. The van der Waals surface area contributed by atoms with E-state index in [1.54, 1.807) is 29.3 Å². The summed E-state index contributed by atoms with van der Waals surface area (Å²) in [6.07, 6.45) is 13.0. The fourth-order valence-electron chi connectivity index (χ4n) is 2.64. The van der Waals surface area contributed by atoms with Crippen LogP contribution in [-0.2, 0) is 14.3 Å². The topological polar surface area (TPSA) is 77.8 Å². The zero-order chi connectivity index (χ0) is 17.2. The van der Waals surface area contributed by atoms with Crippen LogP contribution in [0.25, 0.3) is 11.4 Å². The molecule has 1 N–H and O–H groups in total. The molecule has 7 nitrogen and oxygen atoms in total. The molecule has 0 radical (unpaired) electrons. The highest BCUT2D eigenvalue weighted by atomic mass is 16.5.